The molecule has 0 N–H and O–H groups in total. The Morgan fingerprint density at radius 2 is 1.85 bits per heavy atom. The molecule has 0 radical (unpaired) electrons. The molecular formula is C22H21FN2O2. The molecule has 1 aromatic heterocycles. The Kier molecular flexibility index (Phi) is 4.75. The van der Waals surface area contributed by atoms with Gasteiger partial charge in [0, 0.05) is 12.1 Å². The number of rotatable bonds is 3. The molecule has 1 fully saturated rings. The summed E-state index contributed by atoms with van der Waals surface area (Å²) in [5.41, 5.74) is 2.89. The van der Waals surface area contributed by atoms with Crippen molar-refractivity contribution in [1.82, 2.24) is 10.1 Å². The molecule has 1 aliphatic heterocycles. The van der Waals surface area contributed by atoms with Crippen molar-refractivity contribution in [2.24, 2.45) is 0 Å². The van der Waals surface area contributed by atoms with Gasteiger partial charge in [0.25, 0.3) is 5.91 Å². The molecule has 1 saturated heterocycles. The summed E-state index contributed by atoms with van der Waals surface area (Å²) in [4.78, 5) is 15.4. The van der Waals surface area contributed by atoms with Gasteiger partial charge in [0.1, 0.15) is 22.8 Å². The largest absolute Gasteiger partial charge is 0.360 e. The topological polar surface area (TPSA) is 46.3 Å². The van der Waals surface area contributed by atoms with Gasteiger partial charge in [-0.05, 0) is 43.9 Å². The third-order valence-corrected chi connectivity index (χ3v) is 5.14. The highest BCUT2D eigenvalue weighted by Crippen LogP contribution is 2.35. The first-order valence-electron chi connectivity index (χ1n) is 9.23. The van der Waals surface area contributed by atoms with Gasteiger partial charge in [-0.15, -0.1) is 0 Å². The first-order valence-corrected chi connectivity index (χ1v) is 9.23. The summed E-state index contributed by atoms with van der Waals surface area (Å²) >= 11 is 0. The van der Waals surface area contributed by atoms with Gasteiger partial charge in [0.15, 0.2) is 0 Å². The number of benzene rings is 2. The van der Waals surface area contributed by atoms with Crippen LogP contribution in [0.25, 0.3) is 11.3 Å². The van der Waals surface area contributed by atoms with E-state index in [1.165, 1.54) is 12.1 Å². The minimum absolute atomic E-state index is 0.0650. The Bertz CT molecular complexity index is 935. The molecule has 3 aromatic rings. The molecule has 5 heteroatoms. The number of amides is 1. The maximum Gasteiger partial charge on any atom is 0.260 e. The Morgan fingerprint density at radius 1 is 1.11 bits per heavy atom. The maximum atomic E-state index is 13.5. The smallest absolute Gasteiger partial charge is 0.260 e. The van der Waals surface area contributed by atoms with E-state index in [1.807, 2.05) is 35.2 Å². The van der Waals surface area contributed by atoms with Crippen LogP contribution in [0.1, 0.15) is 47.0 Å². The Hall–Kier alpha value is -2.95. The van der Waals surface area contributed by atoms with Crippen LogP contribution in [0.4, 0.5) is 4.39 Å². The maximum absolute atomic E-state index is 13.5. The van der Waals surface area contributed by atoms with Crippen molar-refractivity contribution in [3.05, 3.63) is 77.3 Å². The quantitative estimate of drug-likeness (QED) is 0.645. The summed E-state index contributed by atoms with van der Waals surface area (Å²) in [6.45, 7) is 2.43. The van der Waals surface area contributed by atoms with E-state index < -0.39 is 0 Å². The number of aryl methyl sites for hydroxylation is 1. The molecule has 0 bridgehead atoms. The highest BCUT2D eigenvalue weighted by Gasteiger charge is 2.32. The van der Waals surface area contributed by atoms with Crippen LogP contribution in [0.15, 0.2) is 59.1 Å². The van der Waals surface area contributed by atoms with Crippen molar-refractivity contribution < 1.29 is 13.7 Å². The van der Waals surface area contributed by atoms with E-state index in [0.29, 0.717) is 23.6 Å². The molecule has 27 heavy (non-hydrogen) atoms. The fraction of sp³-hybridized carbons (Fsp3) is 0.273. The van der Waals surface area contributed by atoms with Crippen molar-refractivity contribution in [2.75, 3.05) is 6.54 Å². The van der Waals surface area contributed by atoms with E-state index >= 15 is 0 Å². The van der Waals surface area contributed by atoms with E-state index in [-0.39, 0.29) is 17.8 Å². The zero-order valence-corrected chi connectivity index (χ0v) is 15.2. The predicted molar refractivity (Wildman–Crippen MR) is 101 cm³/mol. The third kappa shape index (κ3) is 3.37. The minimum atomic E-state index is -0.270. The van der Waals surface area contributed by atoms with Crippen LogP contribution in [0.2, 0.25) is 0 Å². The van der Waals surface area contributed by atoms with Crippen LogP contribution in [-0.4, -0.2) is 22.5 Å². The molecule has 0 aliphatic carbocycles. The molecule has 0 saturated carbocycles. The van der Waals surface area contributed by atoms with Gasteiger partial charge in [0.05, 0.1) is 6.04 Å². The number of halogens is 1. The number of likely N-dealkylation sites (tertiary alicyclic amines) is 1. The molecule has 1 atom stereocenters. The van der Waals surface area contributed by atoms with E-state index in [2.05, 4.69) is 5.16 Å². The van der Waals surface area contributed by atoms with Gasteiger partial charge in [-0.1, -0.05) is 47.6 Å². The molecule has 1 aliphatic rings. The van der Waals surface area contributed by atoms with Crippen LogP contribution in [-0.2, 0) is 0 Å². The Labute approximate surface area is 157 Å². The van der Waals surface area contributed by atoms with Gasteiger partial charge in [-0.25, -0.2) is 4.39 Å². The number of carbonyl (C=O) groups is 1. The molecule has 1 amide bonds. The zero-order chi connectivity index (χ0) is 18.8. The average Bonchev–Trinajstić information content (AvgIpc) is 3.10. The van der Waals surface area contributed by atoms with Crippen molar-refractivity contribution in [3.63, 3.8) is 0 Å². The lowest BCUT2D eigenvalue weighted by molar-refractivity contribution is 0.0610. The number of aromatic nitrogens is 1. The molecule has 2 aromatic carbocycles. The van der Waals surface area contributed by atoms with Gasteiger partial charge in [-0.3, -0.25) is 4.79 Å². The number of hydrogen-bond donors (Lipinski definition) is 0. The molecule has 138 valence electrons. The minimum Gasteiger partial charge on any atom is -0.360 e. The summed E-state index contributed by atoms with van der Waals surface area (Å²) in [7, 11) is 0. The average molecular weight is 364 g/mol. The summed E-state index contributed by atoms with van der Waals surface area (Å²) in [6, 6.07) is 16.0. The summed E-state index contributed by atoms with van der Waals surface area (Å²) in [5, 5.41) is 4.14. The predicted octanol–water partition coefficient (Wildman–Crippen LogP) is 5.16. The summed E-state index contributed by atoms with van der Waals surface area (Å²) in [5.74, 6) is 0.164. The van der Waals surface area contributed by atoms with Crippen LogP contribution in [0.5, 0.6) is 0 Å². The number of hydrogen-bond acceptors (Lipinski definition) is 3. The van der Waals surface area contributed by atoms with Crippen LogP contribution in [0.3, 0.4) is 0 Å². The second-order valence-corrected chi connectivity index (χ2v) is 6.89. The summed E-state index contributed by atoms with van der Waals surface area (Å²) in [6.07, 6.45) is 2.86. The van der Waals surface area contributed by atoms with Crippen molar-refractivity contribution >= 4 is 5.91 Å². The third-order valence-electron chi connectivity index (χ3n) is 5.14. The lowest BCUT2D eigenvalue weighted by Crippen LogP contribution is -2.38. The second kappa shape index (κ2) is 7.35. The van der Waals surface area contributed by atoms with E-state index in [4.69, 9.17) is 4.52 Å². The molecular weight excluding hydrogens is 343 g/mol. The first-order chi connectivity index (χ1) is 13.1. The SMILES string of the molecule is Cc1onc(-c2ccccc2)c1C(=O)N1CCCC[C@H]1c1ccc(F)cc1. The van der Waals surface area contributed by atoms with Gasteiger partial charge in [-0.2, -0.15) is 0 Å². The molecule has 4 nitrogen and oxygen atoms in total. The van der Waals surface area contributed by atoms with E-state index in [0.717, 1.165) is 30.4 Å². The molecule has 4 rings (SSSR count). The number of piperidine rings is 1. The first kappa shape index (κ1) is 17.5. The standard InChI is InChI=1S/C22H21FN2O2/c1-15-20(21(24-27-15)17-7-3-2-4-8-17)22(26)25-14-6-5-9-19(25)16-10-12-18(23)13-11-16/h2-4,7-8,10-13,19H,5-6,9,14H2,1H3/t19-/m0/s1. The van der Waals surface area contributed by atoms with Gasteiger partial charge >= 0.3 is 0 Å². The molecule has 0 unspecified atom stereocenters. The van der Waals surface area contributed by atoms with Gasteiger partial charge < -0.3 is 9.42 Å². The lowest BCUT2D eigenvalue weighted by atomic mass is 9.93. The lowest BCUT2D eigenvalue weighted by Gasteiger charge is -2.36. The van der Waals surface area contributed by atoms with Crippen LogP contribution in [0, 0.1) is 12.7 Å². The highest BCUT2D eigenvalue weighted by atomic mass is 19.1. The molecule has 2 heterocycles. The van der Waals surface area contributed by atoms with Crippen molar-refractivity contribution in [2.45, 2.75) is 32.2 Å². The normalized spacial score (nSPS) is 17.1. The van der Waals surface area contributed by atoms with E-state index in [9.17, 15) is 9.18 Å². The fourth-order valence-corrected chi connectivity index (χ4v) is 3.77. The number of carbonyl (C=O) groups excluding carboxylic acids is 1. The van der Waals surface area contributed by atoms with Crippen molar-refractivity contribution in [1.29, 1.82) is 0 Å². The molecule has 0 spiro atoms. The Morgan fingerprint density at radius 3 is 2.59 bits per heavy atom. The fourth-order valence-electron chi connectivity index (χ4n) is 3.77. The van der Waals surface area contributed by atoms with Gasteiger partial charge in [0.2, 0.25) is 0 Å². The Balaban J connectivity index is 1.71. The van der Waals surface area contributed by atoms with Crippen molar-refractivity contribution in [3.8, 4) is 11.3 Å². The van der Waals surface area contributed by atoms with Crippen LogP contribution >= 0.6 is 0 Å². The number of nitrogens with zero attached hydrogens (tertiary/aromatic N) is 2. The highest BCUT2D eigenvalue weighted by molar-refractivity contribution is 6.01. The second-order valence-electron chi connectivity index (χ2n) is 6.89. The monoisotopic (exact) mass is 364 g/mol. The zero-order valence-electron chi connectivity index (χ0n) is 15.2. The summed E-state index contributed by atoms with van der Waals surface area (Å²) < 4.78 is 18.7. The van der Waals surface area contributed by atoms with E-state index in [1.54, 1.807) is 19.1 Å². The van der Waals surface area contributed by atoms with Crippen LogP contribution < -0.4 is 0 Å².